The molecule has 3 heteroatoms. The lowest BCUT2D eigenvalue weighted by atomic mass is 9.78. The van der Waals surface area contributed by atoms with E-state index >= 15 is 0 Å². The fraction of sp³-hybridized carbons (Fsp3) is 0.938. The van der Waals surface area contributed by atoms with Gasteiger partial charge in [0.15, 0.2) is 0 Å². The molecule has 19 heavy (non-hydrogen) atoms. The molecule has 0 heterocycles. The van der Waals surface area contributed by atoms with Crippen LogP contribution in [0.15, 0.2) is 0 Å². The smallest absolute Gasteiger partial charge is 0.220 e. The van der Waals surface area contributed by atoms with Crippen LogP contribution in [-0.2, 0) is 4.79 Å². The summed E-state index contributed by atoms with van der Waals surface area (Å²) in [6.07, 6.45) is 7.52. The summed E-state index contributed by atoms with van der Waals surface area (Å²) in [7, 11) is 0. The Bertz CT molecular complexity index is 267. The molecule has 3 nitrogen and oxygen atoms in total. The van der Waals surface area contributed by atoms with E-state index in [-0.39, 0.29) is 5.91 Å². The topological polar surface area (TPSA) is 55.1 Å². The molecule has 0 spiro atoms. The van der Waals surface area contributed by atoms with Gasteiger partial charge in [-0.25, -0.2) is 0 Å². The zero-order valence-electron chi connectivity index (χ0n) is 13.0. The predicted octanol–water partition coefficient (Wildman–Crippen LogP) is 3.08. The third kappa shape index (κ3) is 5.52. The number of hydrogen-bond donors (Lipinski definition) is 2. The molecule has 0 aliphatic heterocycles. The van der Waals surface area contributed by atoms with E-state index in [4.69, 9.17) is 5.73 Å². The Labute approximate surface area is 118 Å². The number of nitrogens with one attached hydrogen (secondary N) is 1. The lowest BCUT2D eigenvalue weighted by Crippen LogP contribution is -2.43. The Hall–Kier alpha value is -0.570. The van der Waals surface area contributed by atoms with Gasteiger partial charge in [0.25, 0.3) is 0 Å². The van der Waals surface area contributed by atoms with Gasteiger partial charge in [0.1, 0.15) is 0 Å². The zero-order valence-corrected chi connectivity index (χ0v) is 13.0. The third-order valence-corrected chi connectivity index (χ3v) is 4.99. The van der Waals surface area contributed by atoms with Gasteiger partial charge < -0.3 is 11.1 Å². The molecule has 1 fully saturated rings. The molecule has 112 valence electrons. The minimum atomic E-state index is 0.237. The highest BCUT2D eigenvalue weighted by atomic mass is 16.1. The Morgan fingerprint density at radius 2 is 2.05 bits per heavy atom. The average Bonchev–Trinajstić information content (AvgIpc) is 2.40. The van der Waals surface area contributed by atoms with Gasteiger partial charge in [-0.2, -0.15) is 0 Å². The second-order valence-electron chi connectivity index (χ2n) is 6.33. The Morgan fingerprint density at radius 1 is 1.32 bits per heavy atom. The molecule has 0 aromatic rings. The first-order valence-electron chi connectivity index (χ1n) is 8.07. The molecule has 0 saturated heterocycles. The quantitative estimate of drug-likeness (QED) is 0.745. The molecule has 4 atom stereocenters. The van der Waals surface area contributed by atoms with Crippen molar-refractivity contribution >= 4 is 5.91 Å². The number of carbonyl (C=O) groups is 1. The van der Waals surface area contributed by atoms with Crippen LogP contribution in [0.25, 0.3) is 0 Å². The van der Waals surface area contributed by atoms with E-state index < -0.39 is 0 Å². The van der Waals surface area contributed by atoms with Crippen LogP contribution in [0.2, 0.25) is 0 Å². The Kier molecular flexibility index (Phi) is 7.44. The molecule has 0 aromatic heterocycles. The van der Waals surface area contributed by atoms with E-state index in [1.54, 1.807) is 0 Å². The minimum absolute atomic E-state index is 0.237. The Balaban J connectivity index is 2.30. The number of hydrogen-bond acceptors (Lipinski definition) is 2. The predicted molar refractivity (Wildman–Crippen MR) is 80.8 cm³/mol. The van der Waals surface area contributed by atoms with Crippen molar-refractivity contribution in [3.63, 3.8) is 0 Å². The highest BCUT2D eigenvalue weighted by Gasteiger charge is 2.27. The summed E-state index contributed by atoms with van der Waals surface area (Å²) in [4.78, 5) is 12.0. The molecular formula is C16H32N2O. The SMILES string of the molecule is CCC(CCN)CCC(=O)NC1CCCC(C)C1C. The summed E-state index contributed by atoms with van der Waals surface area (Å²) in [5, 5.41) is 3.25. The fourth-order valence-corrected chi connectivity index (χ4v) is 3.19. The molecular weight excluding hydrogens is 236 g/mol. The van der Waals surface area contributed by atoms with Gasteiger partial charge in [-0.3, -0.25) is 4.79 Å². The number of amides is 1. The molecule has 4 unspecified atom stereocenters. The van der Waals surface area contributed by atoms with Crippen LogP contribution in [0.5, 0.6) is 0 Å². The number of carbonyl (C=O) groups excluding carboxylic acids is 1. The standard InChI is InChI=1S/C16H32N2O/c1-4-14(10-11-17)8-9-16(19)18-15-7-5-6-12(2)13(15)3/h12-15H,4-11,17H2,1-3H3,(H,18,19). The van der Waals surface area contributed by atoms with Crippen LogP contribution >= 0.6 is 0 Å². The van der Waals surface area contributed by atoms with Crippen molar-refractivity contribution < 1.29 is 4.79 Å². The summed E-state index contributed by atoms with van der Waals surface area (Å²) in [6, 6.07) is 0.394. The maximum absolute atomic E-state index is 12.0. The second kappa shape index (κ2) is 8.57. The molecule has 0 aromatic carbocycles. The van der Waals surface area contributed by atoms with Crippen molar-refractivity contribution in [2.45, 2.75) is 71.8 Å². The summed E-state index contributed by atoms with van der Waals surface area (Å²) >= 11 is 0. The Morgan fingerprint density at radius 3 is 2.68 bits per heavy atom. The minimum Gasteiger partial charge on any atom is -0.353 e. The average molecular weight is 268 g/mol. The van der Waals surface area contributed by atoms with Gasteiger partial charge in [0, 0.05) is 12.5 Å². The van der Waals surface area contributed by atoms with Gasteiger partial charge in [0.2, 0.25) is 5.91 Å². The van der Waals surface area contributed by atoms with Crippen LogP contribution in [0, 0.1) is 17.8 Å². The highest BCUT2D eigenvalue weighted by molar-refractivity contribution is 5.76. The normalized spacial score (nSPS) is 28.9. The third-order valence-electron chi connectivity index (χ3n) is 4.99. The summed E-state index contributed by atoms with van der Waals surface area (Å²) in [5.41, 5.74) is 5.59. The van der Waals surface area contributed by atoms with Crippen LogP contribution in [0.3, 0.4) is 0 Å². The first-order valence-corrected chi connectivity index (χ1v) is 8.07. The van der Waals surface area contributed by atoms with Crippen molar-refractivity contribution in [1.82, 2.24) is 5.32 Å². The fourth-order valence-electron chi connectivity index (χ4n) is 3.19. The van der Waals surface area contributed by atoms with Crippen molar-refractivity contribution in [2.24, 2.45) is 23.5 Å². The molecule has 1 saturated carbocycles. The summed E-state index contributed by atoms with van der Waals surface area (Å²) in [5.74, 6) is 2.20. The van der Waals surface area contributed by atoms with E-state index in [0.717, 1.165) is 38.1 Å². The first kappa shape index (κ1) is 16.5. The van der Waals surface area contributed by atoms with E-state index in [9.17, 15) is 4.79 Å². The van der Waals surface area contributed by atoms with Crippen LogP contribution in [-0.4, -0.2) is 18.5 Å². The van der Waals surface area contributed by atoms with Crippen molar-refractivity contribution in [2.75, 3.05) is 6.54 Å². The molecule has 1 rings (SSSR count). The second-order valence-corrected chi connectivity index (χ2v) is 6.33. The largest absolute Gasteiger partial charge is 0.353 e. The molecule has 0 bridgehead atoms. The van der Waals surface area contributed by atoms with Crippen molar-refractivity contribution in [3.8, 4) is 0 Å². The maximum Gasteiger partial charge on any atom is 0.220 e. The van der Waals surface area contributed by atoms with Gasteiger partial charge >= 0.3 is 0 Å². The van der Waals surface area contributed by atoms with Gasteiger partial charge in [-0.15, -0.1) is 0 Å². The van der Waals surface area contributed by atoms with Gasteiger partial charge in [-0.05, 0) is 43.6 Å². The van der Waals surface area contributed by atoms with Gasteiger partial charge in [-0.1, -0.05) is 40.0 Å². The molecule has 0 radical (unpaired) electrons. The van der Waals surface area contributed by atoms with E-state index in [1.807, 2.05) is 0 Å². The van der Waals surface area contributed by atoms with Crippen LogP contribution < -0.4 is 11.1 Å². The maximum atomic E-state index is 12.0. The first-order chi connectivity index (χ1) is 9.08. The van der Waals surface area contributed by atoms with Crippen LogP contribution in [0.4, 0.5) is 0 Å². The van der Waals surface area contributed by atoms with E-state index in [0.29, 0.717) is 24.3 Å². The zero-order chi connectivity index (χ0) is 14.3. The van der Waals surface area contributed by atoms with E-state index in [1.165, 1.54) is 12.8 Å². The molecule has 1 amide bonds. The highest BCUT2D eigenvalue weighted by Crippen LogP contribution is 2.29. The van der Waals surface area contributed by atoms with Crippen LogP contribution in [0.1, 0.15) is 65.7 Å². The lowest BCUT2D eigenvalue weighted by molar-refractivity contribution is -0.122. The summed E-state index contributed by atoms with van der Waals surface area (Å²) in [6.45, 7) is 7.50. The van der Waals surface area contributed by atoms with Gasteiger partial charge in [0.05, 0.1) is 0 Å². The molecule has 3 N–H and O–H groups in total. The molecule has 1 aliphatic carbocycles. The number of rotatable bonds is 7. The number of nitrogens with two attached hydrogens (primary N) is 1. The lowest BCUT2D eigenvalue weighted by Gasteiger charge is -2.34. The van der Waals surface area contributed by atoms with Crippen molar-refractivity contribution in [1.29, 1.82) is 0 Å². The summed E-state index contributed by atoms with van der Waals surface area (Å²) < 4.78 is 0. The monoisotopic (exact) mass is 268 g/mol. The van der Waals surface area contributed by atoms with E-state index in [2.05, 4.69) is 26.1 Å². The van der Waals surface area contributed by atoms with Crippen molar-refractivity contribution in [3.05, 3.63) is 0 Å². The molecule has 1 aliphatic rings.